The van der Waals surface area contributed by atoms with Crippen molar-refractivity contribution in [2.75, 3.05) is 13.1 Å². The summed E-state index contributed by atoms with van der Waals surface area (Å²) in [5.74, 6) is -0.304. The van der Waals surface area contributed by atoms with Crippen LogP contribution in [-0.2, 0) is 4.79 Å². The molecule has 3 rings (SSSR count). The maximum absolute atomic E-state index is 13.7. The molecule has 1 fully saturated rings. The first kappa shape index (κ1) is 11.3. The highest BCUT2D eigenvalue weighted by atomic mass is 19.1. The Kier molecular flexibility index (Phi) is 2.80. The van der Waals surface area contributed by atoms with Crippen molar-refractivity contribution in [2.24, 2.45) is 0 Å². The first-order valence-corrected chi connectivity index (χ1v) is 6.04. The van der Waals surface area contributed by atoms with Crippen LogP contribution in [0.15, 0.2) is 30.5 Å². The number of nitrogens with zero attached hydrogens (tertiary/aromatic N) is 1. The molecule has 4 heteroatoms. The molecule has 1 aliphatic rings. The Balaban J connectivity index is 2.17. The van der Waals surface area contributed by atoms with Crippen LogP contribution in [0.5, 0.6) is 0 Å². The van der Waals surface area contributed by atoms with Gasteiger partial charge >= 0.3 is 0 Å². The van der Waals surface area contributed by atoms with Crippen molar-refractivity contribution in [1.82, 2.24) is 10.3 Å². The van der Waals surface area contributed by atoms with E-state index < -0.39 is 0 Å². The molecule has 0 saturated carbocycles. The van der Waals surface area contributed by atoms with E-state index in [1.165, 1.54) is 6.07 Å². The van der Waals surface area contributed by atoms with Gasteiger partial charge in [-0.05, 0) is 23.8 Å². The molecule has 0 aliphatic carbocycles. The number of hydrogen-bond donors (Lipinski definition) is 1. The van der Waals surface area contributed by atoms with Gasteiger partial charge in [-0.15, -0.1) is 0 Å². The van der Waals surface area contributed by atoms with Gasteiger partial charge in [0.2, 0.25) is 0 Å². The summed E-state index contributed by atoms with van der Waals surface area (Å²) in [4.78, 5) is 16.2. The molecule has 1 aromatic heterocycles. The van der Waals surface area contributed by atoms with Gasteiger partial charge in [0.1, 0.15) is 11.6 Å². The minimum absolute atomic E-state index is 0.201. The van der Waals surface area contributed by atoms with E-state index in [4.69, 9.17) is 0 Å². The van der Waals surface area contributed by atoms with Crippen LogP contribution in [0.3, 0.4) is 0 Å². The summed E-state index contributed by atoms with van der Waals surface area (Å²) >= 11 is 0. The number of rotatable bonds is 1. The second-order valence-electron chi connectivity index (χ2n) is 4.51. The molecular weight excluding hydrogens is 231 g/mol. The van der Waals surface area contributed by atoms with Crippen molar-refractivity contribution in [1.29, 1.82) is 0 Å². The van der Waals surface area contributed by atoms with Gasteiger partial charge < -0.3 is 5.32 Å². The standard InChI is InChI=1S/C14H13FN2O/c15-12-4-3-9(11-8-16-7-5-13(11)18)14-10(12)2-1-6-17-14/h1-4,6,11,16H,5,7-8H2. The fourth-order valence-electron chi connectivity index (χ4n) is 2.47. The number of halogens is 1. The fourth-order valence-corrected chi connectivity index (χ4v) is 2.47. The van der Waals surface area contributed by atoms with Gasteiger partial charge in [0.15, 0.2) is 0 Å². The van der Waals surface area contributed by atoms with Crippen LogP contribution < -0.4 is 5.32 Å². The van der Waals surface area contributed by atoms with Crippen molar-refractivity contribution in [3.05, 3.63) is 41.8 Å². The summed E-state index contributed by atoms with van der Waals surface area (Å²) in [5, 5.41) is 3.68. The average molecular weight is 244 g/mol. The van der Waals surface area contributed by atoms with Crippen LogP contribution in [0.2, 0.25) is 0 Å². The molecule has 1 aromatic carbocycles. The first-order chi connectivity index (χ1) is 8.77. The summed E-state index contributed by atoms with van der Waals surface area (Å²) in [6.07, 6.45) is 2.16. The summed E-state index contributed by atoms with van der Waals surface area (Å²) in [7, 11) is 0. The number of fused-ring (bicyclic) bond motifs is 1. The van der Waals surface area contributed by atoms with Gasteiger partial charge in [-0.2, -0.15) is 0 Å². The minimum atomic E-state index is -0.293. The zero-order valence-corrected chi connectivity index (χ0v) is 9.82. The van der Waals surface area contributed by atoms with Crippen molar-refractivity contribution in [2.45, 2.75) is 12.3 Å². The largest absolute Gasteiger partial charge is 0.315 e. The normalized spacial score (nSPS) is 20.3. The van der Waals surface area contributed by atoms with E-state index in [2.05, 4.69) is 10.3 Å². The zero-order valence-electron chi connectivity index (χ0n) is 9.82. The number of nitrogens with one attached hydrogen (secondary N) is 1. The molecule has 0 radical (unpaired) electrons. The Labute approximate surface area is 104 Å². The van der Waals surface area contributed by atoms with E-state index in [-0.39, 0.29) is 17.5 Å². The van der Waals surface area contributed by atoms with Crippen LogP contribution in [-0.4, -0.2) is 23.9 Å². The highest BCUT2D eigenvalue weighted by Gasteiger charge is 2.26. The van der Waals surface area contributed by atoms with Gasteiger partial charge in [0.25, 0.3) is 0 Å². The van der Waals surface area contributed by atoms with Crippen LogP contribution in [0.1, 0.15) is 17.9 Å². The lowest BCUT2D eigenvalue weighted by Gasteiger charge is -2.22. The number of hydrogen-bond acceptors (Lipinski definition) is 3. The van der Waals surface area contributed by atoms with Crippen molar-refractivity contribution >= 4 is 16.7 Å². The van der Waals surface area contributed by atoms with Crippen LogP contribution in [0, 0.1) is 5.82 Å². The number of aromatic nitrogens is 1. The number of carbonyl (C=O) groups excluding carboxylic acids is 1. The number of carbonyl (C=O) groups is 1. The molecule has 1 unspecified atom stereocenters. The molecule has 3 nitrogen and oxygen atoms in total. The van der Waals surface area contributed by atoms with Crippen LogP contribution >= 0.6 is 0 Å². The lowest BCUT2D eigenvalue weighted by atomic mass is 9.89. The fraction of sp³-hybridized carbons (Fsp3) is 0.286. The maximum atomic E-state index is 13.7. The van der Waals surface area contributed by atoms with Crippen molar-refractivity contribution in [3.63, 3.8) is 0 Å². The summed E-state index contributed by atoms with van der Waals surface area (Å²) < 4.78 is 13.7. The predicted molar refractivity (Wildman–Crippen MR) is 66.9 cm³/mol. The van der Waals surface area contributed by atoms with Crippen LogP contribution in [0.25, 0.3) is 10.9 Å². The second kappa shape index (κ2) is 4.46. The van der Waals surface area contributed by atoms with Crippen molar-refractivity contribution < 1.29 is 9.18 Å². The molecule has 1 N–H and O–H groups in total. The SMILES string of the molecule is O=C1CCNCC1c1ccc(F)c2cccnc12. The topological polar surface area (TPSA) is 42.0 Å². The smallest absolute Gasteiger partial charge is 0.142 e. The summed E-state index contributed by atoms with van der Waals surface area (Å²) in [6, 6.07) is 6.50. The Morgan fingerprint density at radius 3 is 3.06 bits per heavy atom. The monoisotopic (exact) mass is 244 g/mol. The third-order valence-corrected chi connectivity index (χ3v) is 3.41. The Bertz CT molecular complexity index is 612. The quantitative estimate of drug-likeness (QED) is 0.834. The molecular formula is C14H13FN2O. The van der Waals surface area contributed by atoms with E-state index in [0.717, 1.165) is 12.1 Å². The number of piperidine rings is 1. The van der Waals surface area contributed by atoms with Gasteiger partial charge in [-0.25, -0.2) is 4.39 Å². The molecule has 1 aliphatic heterocycles. The van der Waals surface area contributed by atoms with Gasteiger partial charge in [-0.3, -0.25) is 9.78 Å². The molecule has 1 saturated heterocycles. The summed E-state index contributed by atoms with van der Waals surface area (Å²) in [6.45, 7) is 1.33. The third-order valence-electron chi connectivity index (χ3n) is 3.41. The predicted octanol–water partition coefficient (Wildman–Crippen LogP) is 2.02. The van der Waals surface area contributed by atoms with E-state index in [1.54, 1.807) is 24.4 Å². The van der Waals surface area contributed by atoms with Crippen LogP contribution in [0.4, 0.5) is 4.39 Å². The second-order valence-corrected chi connectivity index (χ2v) is 4.51. The molecule has 2 heterocycles. The maximum Gasteiger partial charge on any atom is 0.142 e. The van der Waals surface area contributed by atoms with Gasteiger partial charge in [0.05, 0.1) is 11.4 Å². The first-order valence-electron chi connectivity index (χ1n) is 6.04. The van der Waals surface area contributed by atoms with Gasteiger partial charge in [-0.1, -0.05) is 6.07 Å². The Hall–Kier alpha value is -1.81. The van der Waals surface area contributed by atoms with E-state index in [0.29, 0.717) is 23.9 Å². The molecule has 0 amide bonds. The van der Waals surface area contributed by atoms with E-state index >= 15 is 0 Å². The highest BCUT2D eigenvalue weighted by Crippen LogP contribution is 2.28. The lowest BCUT2D eigenvalue weighted by molar-refractivity contribution is -0.121. The molecule has 0 spiro atoms. The number of Topliss-reactive ketones (excluding diaryl/α,β-unsaturated/α-hetero) is 1. The number of pyridine rings is 1. The zero-order chi connectivity index (χ0) is 12.5. The Morgan fingerprint density at radius 1 is 1.33 bits per heavy atom. The highest BCUT2D eigenvalue weighted by molar-refractivity contribution is 5.93. The molecule has 92 valence electrons. The van der Waals surface area contributed by atoms with Gasteiger partial charge in [0, 0.05) is 31.1 Å². The van der Waals surface area contributed by atoms with Crippen molar-refractivity contribution in [3.8, 4) is 0 Å². The Morgan fingerprint density at radius 2 is 2.22 bits per heavy atom. The minimum Gasteiger partial charge on any atom is -0.315 e. The summed E-state index contributed by atoms with van der Waals surface area (Å²) in [5.41, 5.74) is 1.42. The lowest BCUT2D eigenvalue weighted by Crippen LogP contribution is -2.35. The number of ketones is 1. The molecule has 18 heavy (non-hydrogen) atoms. The molecule has 0 bridgehead atoms. The molecule has 2 aromatic rings. The molecule has 1 atom stereocenters. The van der Waals surface area contributed by atoms with E-state index in [9.17, 15) is 9.18 Å². The van der Waals surface area contributed by atoms with E-state index in [1.807, 2.05) is 0 Å². The third kappa shape index (κ3) is 1.78. The number of benzene rings is 1. The average Bonchev–Trinajstić information content (AvgIpc) is 2.41.